The smallest absolute Gasteiger partial charge is 0.405 e. The zero-order valence-electron chi connectivity index (χ0n) is 19.8. The first-order valence-electron chi connectivity index (χ1n) is 11.8. The number of benzene rings is 2. The lowest BCUT2D eigenvalue weighted by Gasteiger charge is -2.53. The van der Waals surface area contributed by atoms with E-state index >= 15 is 0 Å². The predicted molar refractivity (Wildman–Crippen MR) is 140 cm³/mol. The van der Waals surface area contributed by atoms with Crippen LogP contribution in [0.4, 0.5) is 4.79 Å². The number of piperazine rings is 1. The zero-order valence-corrected chi connectivity index (χ0v) is 22.8. The molecule has 202 valence electrons. The van der Waals surface area contributed by atoms with Crippen molar-refractivity contribution < 1.29 is 27.9 Å². The number of amides is 3. The number of nitrogens with one attached hydrogen (secondary N) is 1. The minimum absolute atomic E-state index is 0.0501. The van der Waals surface area contributed by atoms with Gasteiger partial charge in [0, 0.05) is 29.1 Å². The molecule has 2 N–H and O–H groups in total. The Labute approximate surface area is 234 Å². The first kappa shape index (κ1) is 27.0. The lowest BCUT2D eigenvalue weighted by molar-refractivity contribution is -0.167. The van der Waals surface area contributed by atoms with E-state index in [1.165, 1.54) is 23.1 Å². The molecule has 3 fully saturated rings. The Hall–Kier alpha value is -2.57. The molecule has 3 unspecified atom stereocenters. The number of carboxylic acid groups (broad SMARTS) is 1. The van der Waals surface area contributed by atoms with Crippen molar-refractivity contribution in [3.63, 3.8) is 0 Å². The highest BCUT2D eigenvalue weighted by atomic mass is 35.5. The average Bonchev–Trinajstić information content (AvgIpc) is 3.67. The second-order valence-corrected chi connectivity index (χ2v) is 12.6. The molecule has 2 aliphatic heterocycles. The van der Waals surface area contributed by atoms with Crippen LogP contribution in [0, 0.1) is 0 Å². The van der Waals surface area contributed by atoms with Crippen LogP contribution < -0.4 is 5.32 Å². The zero-order chi connectivity index (χ0) is 27.4. The number of hydrogen-bond donors (Lipinski definition) is 2. The van der Waals surface area contributed by atoms with Crippen molar-refractivity contribution in [2.45, 2.75) is 48.4 Å². The lowest BCUT2D eigenvalue weighted by Crippen LogP contribution is -2.76. The van der Waals surface area contributed by atoms with E-state index in [2.05, 4.69) is 5.32 Å². The summed E-state index contributed by atoms with van der Waals surface area (Å²) in [7, 11) is -4.36. The standard InChI is InChI=1S/C24H23Cl3N4O6S/c25-14-3-1-2-13(8-14)9-19-23(33)29(16-5-6-16)12-21-30(11-18(28-24(34)35)22(32)31(19)21)38(36,37)20-7-4-15(26)10-17(20)27/h1-4,7-8,10,16,18-19,21,28H,5-6,9,11-12H2,(H,34,35). The van der Waals surface area contributed by atoms with Crippen molar-refractivity contribution in [3.05, 3.63) is 63.1 Å². The quantitative estimate of drug-likeness (QED) is 0.524. The van der Waals surface area contributed by atoms with E-state index in [0.29, 0.717) is 10.6 Å². The Bertz CT molecular complexity index is 1420. The molecule has 3 atom stereocenters. The minimum atomic E-state index is -4.36. The van der Waals surface area contributed by atoms with Crippen molar-refractivity contribution in [1.82, 2.24) is 19.4 Å². The van der Waals surface area contributed by atoms with Gasteiger partial charge in [-0.05, 0) is 48.7 Å². The molecule has 0 radical (unpaired) electrons. The fourth-order valence-corrected chi connectivity index (χ4v) is 7.62. The van der Waals surface area contributed by atoms with E-state index in [1.54, 1.807) is 29.2 Å². The molecule has 3 amide bonds. The third-order valence-electron chi connectivity index (χ3n) is 6.92. The number of halogens is 3. The highest BCUT2D eigenvalue weighted by Gasteiger charge is 2.55. The summed E-state index contributed by atoms with van der Waals surface area (Å²) < 4.78 is 29.0. The van der Waals surface area contributed by atoms with Gasteiger partial charge in [-0.3, -0.25) is 9.59 Å². The molecule has 0 aromatic heterocycles. The summed E-state index contributed by atoms with van der Waals surface area (Å²) in [6, 6.07) is 8.18. The summed E-state index contributed by atoms with van der Waals surface area (Å²) >= 11 is 18.4. The van der Waals surface area contributed by atoms with E-state index in [-0.39, 0.29) is 39.9 Å². The predicted octanol–water partition coefficient (Wildman–Crippen LogP) is 3.06. The molecule has 1 aliphatic carbocycles. The Morgan fingerprint density at radius 3 is 2.34 bits per heavy atom. The number of carbonyl (C=O) groups is 3. The first-order valence-corrected chi connectivity index (χ1v) is 14.4. The summed E-state index contributed by atoms with van der Waals surface area (Å²) in [6.45, 7) is -0.518. The van der Waals surface area contributed by atoms with Crippen LogP contribution in [0.15, 0.2) is 47.4 Å². The normalized spacial score (nSPS) is 24.3. The van der Waals surface area contributed by atoms with Crippen LogP contribution in [0.5, 0.6) is 0 Å². The molecule has 2 heterocycles. The monoisotopic (exact) mass is 600 g/mol. The molecule has 2 saturated heterocycles. The molecule has 0 spiro atoms. The highest BCUT2D eigenvalue weighted by Crippen LogP contribution is 2.38. The van der Waals surface area contributed by atoms with Crippen LogP contribution >= 0.6 is 34.8 Å². The van der Waals surface area contributed by atoms with Gasteiger partial charge < -0.3 is 20.2 Å². The number of hydrogen-bond acceptors (Lipinski definition) is 5. The average molecular weight is 602 g/mol. The molecule has 14 heteroatoms. The molecule has 38 heavy (non-hydrogen) atoms. The topological polar surface area (TPSA) is 127 Å². The van der Waals surface area contributed by atoms with Crippen LogP contribution in [-0.4, -0.2) is 82.9 Å². The van der Waals surface area contributed by atoms with E-state index in [9.17, 15) is 27.9 Å². The van der Waals surface area contributed by atoms with Gasteiger partial charge in [-0.25, -0.2) is 13.2 Å². The molecule has 5 rings (SSSR count). The molecule has 2 aromatic rings. The van der Waals surface area contributed by atoms with Crippen LogP contribution in [-0.2, 0) is 26.0 Å². The maximum Gasteiger partial charge on any atom is 0.405 e. The van der Waals surface area contributed by atoms with Gasteiger partial charge in [-0.15, -0.1) is 0 Å². The fourth-order valence-electron chi connectivity index (χ4n) is 5.08. The van der Waals surface area contributed by atoms with Crippen LogP contribution in [0.2, 0.25) is 15.1 Å². The maximum absolute atomic E-state index is 14.0. The summed E-state index contributed by atoms with van der Waals surface area (Å²) in [5, 5.41) is 12.1. The van der Waals surface area contributed by atoms with Crippen molar-refractivity contribution in [1.29, 1.82) is 0 Å². The van der Waals surface area contributed by atoms with Crippen molar-refractivity contribution in [3.8, 4) is 0 Å². The van der Waals surface area contributed by atoms with E-state index in [1.807, 2.05) is 0 Å². The third kappa shape index (κ3) is 5.05. The van der Waals surface area contributed by atoms with Crippen molar-refractivity contribution in [2.75, 3.05) is 13.1 Å². The lowest BCUT2D eigenvalue weighted by atomic mass is 9.97. The number of fused-ring (bicyclic) bond motifs is 1. The van der Waals surface area contributed by atoms with Gasteiger partial charge in [-0.1, -0.05) is 46.9 Å². The molecule has 2 aromatic carbocycles. The third-order valence-corrected chi connectivity index (χ3v) is 9.73. The van der Waals surface area contributed by atoms with Crippen LogP contribution in [0.3, 0.4) is 0 Å². The largest absolute Gasteiger partial charge is 0.465 e. The molecular weight excluding hydrogens is 579 g/mol. The van der Waals surface area contributed by atoms with Crippen LogP contribution in [0.25, 0.3) is 0 Å². The highest BCUT2D eigenvalue weighted by molar-refractivity contribution is 7.89. The Kier molecular flexibility index (Phi) is 7.25. The summed E-state index contributed by atoms with van der Waals surface area (Å²) in [5.41, 5.74) is 0.670. The molecule has 10 nitrogen and oxygen atoms in total. The van der Waals surface area contributed by atoms with Crippen molar-refractivity contribution in [2.24, 2.45) is 0 Å². The van der Waals surface area contributed by atoms with Gasteiger partial charge in [0.25, 0.3) is 0 Å². The molecule has 0 bridgehead atoms. The molecular formula is C24H23Cl3N4O6S. The van der Waals surface area contributed by atoms with E-state index in [0.717, 1.165) is 17.1 Å². The van der Waals surface area contributed by atoms with Gasteiger partial charge in [0.05, 0.1) is 11.6 Å². The second kappa shape index (κ2) is 10.2. The van der Waals surface area contributed by atoms with Gasteiger partial charge in [0.2, 0.25) is 21.8 Å². The molecule has 1 saturated carbocycles. The Morgan fingerprint density at radius 1 is 1.00 bits per heavy atom. The number of sulfonamides is 1. The fraction of sp³-hybridized carbons (Fsp3) is 0.375. The minimum Gasteiger partial charge on any atom is -0.465 e. The van der Waals surface area contributed by atoms with Gasteiger partial charge in [0.15, 0.2) is 0 Å². The maximum atomic E-state index is 14.0. The van der Waals surface area contributed by atoms with Gasteiger partial charge in [0.1, 0.15) is 23.1 Å². The van der Waals surface area contributed by atoms with Gasteiger partial charge >= 0.3 is 6.09 Å². The summed E-state index contributed by atoms with van der Waals surface area (Å²) in [6.07, 6.45) is -0.961. The van der Waals surface area contributed by atoms with E-state index in [4.69, 9.17) is 34.8 Å². The number of rotatable bonds is 6. The summed E-state index contributed by atoms with van der Waals surface area (Å²) in [5.74, 6) is -1.00. The van der Waals surface area contributed by atoms with Gasteiger partial charge in [-0.2, -0.15) is 4.31 Å². The van der Waals surface area contributed by atoms with Crippen LogP contribution in [0.1, 0.15) is 18.4 Å². The van der Waals surface area contributed by atoms with E-state index < -0.39 is 46.8 Å². The Balaban J connectivity index is 1.61. The number of carbonyl (C=O) groups excluding carboxylic acids is 2. The SMILES string of the molecule is O=C(O)NC1CN(S(=O)(=O)c2ccc(Cl)cc2Cl)C2CN(C3CC3)C(=O)C(Cc3cccc(Cl)c3)N2C1=O. The number of nitrogens with zero attached hydrogens (tertiary/aromatic N) is 3. The molecule has 3 aliphatic rings. The summed E-state index contributed by atoms with van der Waals surface area (Å²) in [4.78, 5) is 41.5. The Morgan fingerprint density at radius 2 is 1.71 bits per heavy atom. The van der Waals surface area contributed by atoms with Crippen molar-refractivity contribution >= 4 is 62.7 Å². The first-order chi connectivity index (χ1) is 18.0. The second-order valence-electron chi connectivity index (χ2n) is 9.45.